The van der Waals surface area contributed by atoms with E-state index in [0.717, 1.165) is 18.4 Å². The first-order valence-corrected chi connectivity index (χ1v) is 10.4. The van der Waals surface area contributed by atoms with Crippen LogP contribution in [-0.2, 0) is 23.8 Å². The monoisotopic (exact) mass is 390 g/mol. The Morgan fingerprint density at radius 3 is 2.93 bits per heavy atom. The number of carbonyl (C=O) groups excluding carboxylic acids is 2. The van der Waals surface area contributed by atoms with Crippen molar-refractivity contribution in [3.63, 3.8) is 0 Å². The molecule has 28 heavy (non-hydrogen) atoms. The van der Waals surface area contributed by atoms with Crippen molar-refractivity contribution in [1.29, 1.82) is 0 Å². The fourth-order valence-corrected chi connectivity index (χ4v) is 4.82. The Morgan fingerprint density at radius 2 is 2.25 bits per heavy atom. The maximum Gasteiger partial charge on any atom is 0.337 e. The maximum absolute atomic E-state index is 12.9. The molecule has 7 atom stereocenters. The van der Waals surface area contributed by atoms with Crippen LogP contribution in [0.1, 0.15) is 59.8 Å². The van der Waals surface area contributed by atoms with E-state index in [1.807, 2.05) is 26.8 Å². The Kier molecular flexibility index (Phi) is 4.84. The summed E-state index contributed by atoms with van der Waals surface area (Å²) >= 11 is 0. The van der Waals surface area contributed by atoms with Crippen LogP contribution in [-0.4, -0.2) is 47.9 Å². The number of carbonyl (C=O) groups is 2. The number of rotatable bonds is 3. The van der Waals surface area contributed by atoms with Crippen molar-refractivity contribution < 1.29 is 23.8 Å². The second-order valence-electron chi connectivity index (χ2n) is 8.99. The molecule has 7 nitrogen and oxygen atoms in total. The van der Waals surface area contributed by atoms with Gasteiger partial charge in [-0.25, -0.2) is 4.79 Å². The summed E-state index contributed by atoms with van der Waals surface area (Å²) in [5.41, 5.74) is -0.242. The zero-order valence-corrected chi connectivity index (χ0v) is 17.1. The van der Waals surface area contributed by atoms with E-state index in [1.54, 1.807) is 0 Å². The smallest absolute Gasteiger partial charge is 0.337 e. The third-order valence-electron chi connectivity index (χ3n) is 6.92. The van der Waals surface area contributed by atoms with Crippen molar-refractivity contribution >= 4 is 11.9 Å². The molecule has 3 heterocycles. The number of allylic oxidation sites excluding steroid dienone is 1. The summed E-state index contributed by atoms with van der Waals surface area (Å²) in [5, 5.41) is 8.47. The third kappa shape index (κ3) is 3.17. The molecule has 2 fully saturated rings. The minimum atomic E-state index is -1.05. The fraction of sp³-hybridized carbons (Fsp3) is 0.810. The quantitative estimate of drug-likeness (QED) is 0.419. The minimum Gasteiger partial charge on any atom is -0.461 e. The van der Waals surface area contributed by atoms with E-state index in [-0.39, 0.29) is 35.5 Å². The van der Waals surface area contributed by atoms with Gasteiger partial charge in [0.1, 0.15) is 12.2 Å². The van der Waals surface area contributed by atoms with Crippen LogP contribution < -0.4 is 0 Å². The van der Waals surface area contributed by atoms with Gasteiger partial charge in [-0.05, 0) is 39.2 Å². The van der Waals surface area contributed by atoms with Gasteiger partial charge < -0.3 is 14.2 Å². The number of nitrogens with zero attached hydrogens (tertiary/aromatic N) is 2. The molecule has 1 spiro atoms. The third-order valence-corrected chi connectivity index (χ3v) is 6.92. The van der Waals surface area contributed by atoms with Gasteiger partial charge in [-0.1, -0.05) is 19.4 Å². The molecule has 154 valence electrons. The highest BCUT2D eigenvalue weighted by Crippen LogP contribution is 2.51. The summed E-state index contributed by atoms with van der Waals surface area (Å²) in [5.74, 6) is -1.17. The number of hydrogen-bond acceptors (Lipinski definition) is 7. The molecular weight excluding hydrogens is 360 g/mol. The topological polar surface area (TPSA) is 89.8 Å². The minimum absolute atomic E-state index is 0.149. The lowest BCUT2D eigenvalue weighted by Gasteiger charge is -2.33. The van der Waals surface area contributed by atoms with Crippen molar-refractivity contribution in [2.24, 2.45) is 22.1 Å². The number of hydrogen-bond donors (Lipinski definition) is 0. The first-order valence-electron chi connectivity index (χ1n) is 10.4. The van der Waals surface area contributed by atoms with Gasteiger partial charge in [-0.2, -0.15) is 10.2 Å². The second kappa shape index (κ2) is 6.94. The van der Waals surface area contributed by atoms with Crippen LogP contribution in [0.15, 0.2) is 21.9 Å². The van der Waals surface area contributed by atoms with Gasteiger partial charge in [0.2, 0.25) is 0 Å². The Morgan fingerprint density at radius 1 is 1.46 bits per heavy atom. The van der Waals surface area contributed by atoms with Gasteiger partial charge in [0.05, 0.1) is 30.1 Å². The van der Waals surface area contributed by atoms with E-state index in [2.05, 4.69) is 17.2 Å². The van der Waals surface area contributed by atoms with Crippen LogP contribution in [0.2, 0.25) is 0 Å². The molecule has 0 aromatic heterocycles. The molecule has 0 N–H and O–H groups in total. The summed E-state index contributed by atoms with van der Waals surface area (Å²) < 4.78 is 17.8. The number of fused-ring (bicyclic) bond motifs is 3. The molecule has 1 aliphatic carbocycles. The zero-order chi connectivity index (χ0) is 20.1. The van der Waals surface area contributed by atoms with E-state index in [4.69, 9.17) is 14.2 Å². The highest BCUT2D eigenvalue weighted by molar-refractivity contribution is 5.85. The lowest BCUT2D eigenvalue weighted by molar-refractivity contribution is -0.159. The SMILES string of the molecule is CC[C@@H](C)C(=O)O[C@H]1C[C@]2(C)O[C@@H]2CC/C(C)=C\[C@@H]2OC(=O)[C@@]3(CCN=N3)[C@H]21. The van der Waals surface area contributed by atoms with Gasteiger partial charge in [-0.15, -0.1) is 0 Å². The summed E-state index contributed by atoms with van der Waals surface area (Å²) in [6.45, 7) is 8.43. The van der Waals surface area contributed by atoms with Crippen molar-refractivity contribution in [1.82, 2.24) is 0 Å². The standard InChI is InChI=1S/C21H30N2O5/c1-5-13(3)18(24)26-15-11-20(4)16(28-20)7-6-12(2)10-14-17(15)21(19(25)27-14)8-9-22-23-21/h10,13-17H,5-9,11H2,1-4H3/b12-10-/t13-,14+,15+,16-,17-,20+,21-/m1/s1. The average molecular weight is 390 g/mol. The largest absolute Gasteiger partial charge is 0.461 e. The Hall–Kier alpha value is -1.76. The van der Waals surface area contributed by atoms with Crippen molar-refractivity contribution in [3.8, 4) is 0 Å². The van der Waals surface area contributed by atoms with Crippen molar-refractivity contribution in [3.05, 3.63) is 11.6 Å². The van der Waals surface area contributed by atoms with E-state index in [1.165, 1.54) is 0 Å². The Balaban J connectivity index is 1.74. The molecule has 0 aromatic rings. The second-order valence-corrected chi connectivity index (χ2v) is 8.99. The molecule has 0 amide bonds. The highest BCUT2D eigenvalue weighted by atomic mass is 16.6. The summed E-state index contributed by atoms with van der Waals surface area (Å²) in [7, 11) is 0. The number of esters is 2. The van der Waals surface area contributed by atoms with Crippen molar-refractivity contribution in [2.45, 2.75) is 89.3 Å². The summed E-state index contributed by atoms with van der Waals surface area (Å²) in [4.78, 5) is 25.6. The van der Waals surface area contributed by atoms with Crippen LogP contribution in [0.25, 0.3) is 0 Å². The van der Waals surface area contributed by atoms with Crippen LogP contribution >= 0.6 is 0 Å². The number of epoxide rings is 1. The van der Waals surface area contributed by atoms with Gasteiger partial charge >= 0.3 is 11.9 Å². The van der Waals surface area contributed by atoms with Gasteiger partial charge in [0.25, 0.3) is 0 Å². The zero-order valence-electron chi connectivity index (χ0n) is 17.1. The fourth-order valence-electron chi connectivity index (χ4n) is 4.82. The molecule has 0 unspecified atom stereocenters. The molecule has 0 bridgehead atoms. The highest BCUT2D eigenvalue weighted by Gasteiger charge is 2.65. The predicted octanol–water partition coefficient (Wildman–Crippen LogP) is 3.37. The molecule has 7 heteroatoms. The van der Waals surface area contributed by atoms with Gasteiger partial charge in [0, 0.05) is 12.8 Å². The Bertz CT molecular complexity index is 734. The lowest BCUT2D eigenvalue weighted by Crippen LogP contribution is -2.48. The molecule has 4 rings (SSSR count). The first-order chi connectivity index (χ1) is 13.3. The van der Waals surface area contributed by atoms with Crippen LogP contribution in [0, 0.1) is 11.8 Å². The number of azo groups is 1. The molecule has 2 saturated heterocycles. The predicted molar refractivity (Wildman–Crippen MR) is 101 cm³/mol. The van der Waals surface area contributed by atoms with E-state index in [0.29, 0.717) is 25.8 Å². The summed E-state index contributed by atoms with van der Waals surface area (Å²) in [6, 6.07) is 0. The van der Waals surface area contributed by atoms with Crippen LogP contribution in [0.4, 0.5) is 0 Å². The van der Waals surface area contributed by atoms with Crippen molar-refractivity contribution in [2.75, 3.05) is 6.54 Å². The van der Waals surface area contributed by atoms with E-state index >= 15 is 0 Å². The molecular formula is C21H30N2O5. The van der Waals surface area contributed by atoms with Crippen LogP contribution in [0.5, 0.6) is 0 Å². The summed E-state index contributed by atoms with van der Waals surface area (Å²) in [6.07, 6.45) is 4.76. The van der Waals surface area contributed by atoms with E-state index < -0.39 is 17.7 Å². The average Bonchev–Trinajstić information content (AvgIpc) is 2.97. The van der Waals surface area contributed by atoms with Gasteiger partial charge in [-0.3, -0.25) is 4.79 Å². The normalized spacial score (nSPS) is 44.9. The molecule has 0 radical (unpaired) electrons. The van der Waals surface area contributed by atoms with E-state index in [9.17, 15) is 9.59 Å². The Labute approximate surface area is 165 Å². The molecule has 4 aliphatic rings. The maximum atomic E-state index is 12.9. The van der Waals surface area contributed by atoms with Crippen LogP contribution in [0.3, 0.4) is 0 Å². The molecule has 0 aromatic carbocycles. The molecule has 3 aliphatic heterocycles. The lowest BCUT2D eigenvalue weighted by atomic mass is 9.74. The van der Waals surface area contributed by atoms with Gasteiger partial charge in [0.15, 0.2) is 5.54 Å². The molecule has 0 saturated carbocycles. The first kappa shape index (κ1) is 19.6. The number of ether oxygens (including phenoxy) is 3.